The Hall–Kier alpha value is -1.79. The number of hydrogen-bond donors (Lipinski definition) is 0. The van der Waals surface area contributed by atoms with Gasteiger partial charge in [-0.1, -0.05) is 20.3 Å². The topological polar surface area (TPSA) is 70.2 Å². The smallest absolute Gasteiger partial charge is 0.410 e. The number of carbonyl (C=O) groups excluding carboxylic acids is 3. The molecule has 0 spiro atoms. The van der Waals surface area contributed by atoms with Gasteiger partial charge in [-0.3, -0.25) is 14.5 Å². The minimum atomic E-state index is -0.193. The molecule has 0 bridgehead atoms. The summed E-state index contributed by atoms with van der Waals surface area (Å²) < 4.78 is 5.33. The molecule has 0 aliphatic carbocycles. The van der Waals surface area contributed by atoms with Crippen LogP contribution in [0.2, 0.25) is 0 Å². The van der Waals surface area contributed by atoms with Crippen molar-refractivity contribution in [2.24, 2.45) is 11.8 Å². The van der Waals surface area contributed by atoms with Crippen molar-refractivity contribution in [2.75, 3.05) is 32.8 Å². The lowest BCUT2D eigenvalue weighted by molar-refractivity contribution is -0.141. The van der Waals surface area contributed by atoms with E-state index in [1.54, 1.807) is 6.92 Å². The maximum Gasteiger partial charge on any atom is 0.410 e. The van der Waals surface area contributed by atoms with Crippen LogP contribution < -0.4 is 0 Å². The quantitative estimate of drug-likeness (QED) is 0.750. The highest BCUT2D eigenvalue weighted by atomic mass is 16.6. The number of nitrogens with zero attached hydrogens (tertiary/aromatic N) is 3. The molecule has 3 aliphatic heterocycles. The molecule has 2 unspecified atom stereocenters. The lowest BCUT2D eigenvalue weighted by Crippen LogP contribution is -2.52. The zero-order valence-corrected chi connectivity index (χ0v) is 16.9. The van der Waals surface area contributed by atoms with Crippen LogP contribution in [0.1, 0.15) is 52.9 Å². The minimum absolute atomic E-state index is 0.0294. The fourth-order valence-corrected chi connectivity index (χ4v) is 4.64. The number of piperidine rings is 2. The maximum atomic E-state index is 12.9. The Balaban J connectivity index is 1.52. The Morgan fingerprint density at radius 2 is 1.67 bits per heavy atom. The molecule has 0 radical (unpaired) electrons. The lowest BCUT2D eigenvalue weighted by atomic mass is 9.92. The fraction of sp³-hybridized carbons (Fsp3) is 0.850. The average Bonchev–Trinajstić information content (AvgIpc) is 3.08. The van der Waals surface area contributed by atoms with E-state index >= 15 is 0 Å². The third-order valence-corrected chi connectivity index (χ3v) is 6.71. The zero-order chi connectivity index (χ0) is 19.6. The summed E-state index contributed by atoms with van der Waals surface area (Å²) >= 11 is 0. The molecule has 0 N–H and O–H groups in total. The monoisotopic (exact) mass is 379 g/mol. The standard InChI is InChI=1S/C20H33N3O4/c1-4-14(2)18-13-27-20(26)23(18)17-7-11-22(12-8-17)19(25)16-5-9-21(10-6-16)15(3)24/h14,16-18H,4-13H2,1-3H3. The molecule has 0 saturated carbocycles. The normalized spacial score (nSPS) is 26.3. The van der Waals surface area contributed by atoms with Gasteiger partial charge in [0, 0.05) is 45.1 Å². The molecule has 2 atom stereocenters. The molecule has 152 valence electrons. The second-order valence-corrected chi connectivity index (χ2v) is 8.27. The largest absolute Gasteiger partial charge is 0.447 e. The summed E-state index contributed by atoms with van der Waals surface area (Å²) in [7, 11) is 0. The van der Waals surface area contributed by atoms with Gasteiger partial charge in [-0.2, -0.15) is 0 Å². The summed E-state index contributed by atoms with van der Waals surface area (Å²) in [5.41, 5.74) is 0. The van der Waals surface area contributed by atoms with E-state index in [-0.39, 0.29) is 35.9 Å². The molecule has 3 aliphatic rings. The zero-order valence-electron chi connectivity index (χ0n) is 16.9. The number of likely N-dealkylation sites (tertiary alicyclic amines) is 2. The second-order valence-electron chi connectivity index (χ2n) is 8.27. The Labute approximate surface area is 162 Å². The number of cyclic esters (lactones) is 1. The molecular weight excluding hydrogens is 346 g/mol. The van der Waals surface area contributed by atoms with E-state index in [2.05, 4.69) is 13.8 Å². The molecule has 0 aromatic rings. The van der Waals surface area contributed by atoms with E-state index in [0.29, 0.717) is 38.7 Å². The molecule has 0 aromatic heterocycles. The van der Waals surface area contributed by atoms with Crippen LogP contribution in [-0.2, 0) is 14.3 Å². The van der Waals surface area contributed by atoms with Gasteiger partial charge in [0.2, 0.25) is 11.8 Å². The number of carbonyl (C=O) groups is 3. The number of amides is 3. The molecule has 7 nitrogen and oxygen atoms in total. The van der Waals surface area contributed by atoms with Crippen LogP contribution in [0.5, 0.6) is 0 Å². The van der Waals surface area contributed by atoms with Crippen LogP contribution in [0.15, 0.2) is 0 Å². The van der Waals surface area contributed by atoms with Crippen LogP contribution >= 0.6 is 0 Å². The van der Waals surface area contributed by atoms with Gasteiger partial charge in [0.25, 0.3) is 0 Å². The summed E-state index contributed by atoms with van der Waals surface area (Å²) in [4.78, 5) is 42.3. The predicted octanol–water partition coefficient (Wildman–Crippen LogP) is 2.10. The van der Waals surface area contributed by atoms with Crippen molar-refractivity contribution in [2.45, 2.75) is 65.0 Å². The Kier molecular flexibility index (Phi) is 6.27. The van der Waals surface area contributed by atoms with Crippen molar-refractivity contribution in [3.8, 4) is 0 Å². The first-order chi connectivity index (χ1) is 12.9. The first-order valence-electron chi connectivity index (χ1n) is 10.4. The molecule has 3 rings (SSSR count). The number of rotatable bonds is 4. The predicted molar refractivity (Wildman–Crippen MR) is 101 cm³/mol. The van der Waals surface area contributed by atoms with Crippen molar-refractivity contribution in [1.82, 2.24) is 14.7 Å². The Bertz CT molecular complexity index is 566. The highest BCUT2D eigenvalue weighted by Crippen LogP contribution is 2.30. The lowest BCUT2D eigenvalue weighted by Gasteiger charge is -2.41. The van der Waals surface area contributed by atoms with E-state index in [4.69, 9.17) is 4.74 Å². The first kappa shape index (κ1) is 20.0. The fourth-order valence-electron chi connectivity index (χ4n) is 4.64. The van der Waals surface area contributed by atoms with Gasteiger partial charge >= 0.3 is 6.09 Å². The highest BCUT2D eigenvalue weighted by molar-refractivity contribution is 5.80. The summed E-state index contributed by atoms with van der Waals surface area (Å²) in [6.07, 6.45) is 3.98. The van der Waals surface area contributed by atoms with Crippen molar-refractivity contribution in [1.29, 1.82) is 0 Å². The molecule has 7 heteroatoms. The molecule has 27 heavy (non-hydrogen) atoms. The first-order valence-corrected chi connectivity index (χ1v) is 10.4. The van der Waals surface area contributed by atoms with E-state index in [1.165, 1.54) is 0 Å². The summed E-state index contributed by atoms with van der Waals surface area (Å²) in [6, 6.07) is 0.327. The molecule has 3 amide bonds. The minimum Gasteiger partial charge on any atom is -0.447 e. The van der Waals surface area contributed by atoms with Crippen molar-refractivity contribution >= 4 is 17.9 Å². The van der Waals surface area contributed by atoms with Gasteiger partial charge in [0.1, 0.15) is 6.61 Å². The van der Waals surface area contributed by atoms with Crippen LogP contribution in [0, 0.1) is 11.8 Å². The van der Waals surface area contributed by atoms with Crippen LogP contribution in [0.4, 0.5) is 4.79 Å². The van der Waals surface area contributed by atoms with Crippen LogP contribution in [-0.4, -0.2) is 77.5 Å². The molecule has 3 saturated heterocycles. The number of hydrogen-bond acceptors (Lipinski definition) is 4. The molecular formula is C20H33N3O4. The maximum absolute atomic E-state index is 12.9. The van der Waals surface area contributed by atoms with E-state index in [1.807, 2.05) is 14.7 Å². The summed E-state index contributed by atoms with van der Waals surface area (Å²) in [6.45, 7) is 9.15. The molecule has 0 aromatic carbocycles. The van der Waals surface area contributed by atoms with Gasteiger partial charge in [-0.05, 0) is 31.6 Å². The Morgan fingerprint density at radius 3 is 2.22 bits per heavy atom. The van der Waals surface area contributed by atoms with Gasteiger partial charge in [0.05, 0.1) is 6.04 Å². The van der Waals surface area contributed by atoms with Crippen molar-refractivity contribution in [3.05, 3.63) is 0 Å². The summed E-state index contributed by atoms with van der Waals surface area (Å²) in [5.74, 6) is 0.763. The van der Waals surface area contributed by atoms with E-state index in [9.17, 15) is 14.4 Å². The second kappa shape index (κ2) is 8.48. The van der Waals surface area contributed by atoms with Gasteiger partial charge in [-0.25, -0.2) is 4.79 Å². The highest BCUT2D eigenvalue weighted by Gasteiger charge is 2.42. The van der Waals surface area contributed by atoms with Gasteiger partial charge in [0.15, 0.2) is 0 Å². The van der Waals surface area contributed by atoms with Crippen molar-refractivity contribution < 1.29 is 19.1 Å². The SMILES string of the molecule is CCC(C)C1COC(=O)N1C1CCN(C(=O)C2CCN(C(C)=O)CC2)CC1. The van der Waals surface area contributed by atoms with Gasteiger partial charge in [-0.15, -0.1) is 0 Å². The van der Waals surface area contributed by atoms with E-state index < -0.39 is 0 Å². The van der Waals surface area contributed by atoms with Crippen LogP contribution in [0.3, 0.4) is 0 Å². The number of ether oxygens (including phenoxy) is 1. The third-order valence-electron chi connectivity index (χ3n) is 6.71. The van der Waals surface area contributed by atoms with Gasteiger partial charge < -0.3 is 14.5 Å². The summed E-state index contributed by atoms with van der Waals surface area (Å²) in [5, 5.41) is 0. The Morgan fingerprint density at radius 1 is 1.07 bits per heavy atom. The van der Waals surface area contributed by atoms with Crippen molar-refractivity contribution in [3.63, 3.8) is 0 Å². The average molecular weight is 380 g/mol. The third kappa shape index (κ3) is 4.22. The van der Waals surface area contributed by atoms with E-state index in [0.717, 1.165) is 32.1 Å². The van der Waals surface area contributed by atoms with Crippen LogP contribution in [0.25, 0.3) is 0 Å². The molecule has 3 fully saturated rings. The molecule has 3 heterocycles.